The number of rotatable bonds is 7. The van der Waals surface area contributed by atoms with Crippen LogP contribution in [0.4, 0.5) is 0 Å². The fraction of sp³-hybridized carbons (Fsp3) is 0.778. The maximum absolute atomic E-state index is 5.37. The van der Waals surface area contributed by atoms with Gasteiger partial charge in [0, 0.05) is 13.2 Å². The molecule has 0 radical (unpaired) electrons. The fourth-order valence-corrected chi connectivity index (χ4v) is 1.02. The van der Waals surface area contributed by atoms with Gasteiger partial charge in [-0.1, -0.05) is 12.2 Å². The average Bonchev–Trinajstić information content (AvgIpc) is 2.05. The van der Waals surface area contributed by atoms with Gasteiger partial charge in [0.25, 0.3) is 0 Å². The summed E-state index contributed by atoms with van der Waals surface area (Å²) in [6.45, 7) is 10.7. The molecule has 0 heterocycles. The van der Waals surface area contributed by atoms with Gasteiger partial charge in [0.1, 0.15) is 0 Å². The van der Waals surface area contributed by atoms with Crippen molar-refractivity contribution in [1.82, 2.24) is 5.43 Å². The van der Waals surface area contributed by atoms with Crippen LogP contribution in [-0.4, -0.2) is 25.5 Å². The lowest BCUT2D eigenvalue weighted by molar-refractivity contribution is -0.147. The second kappa shape index (κ2) is 7.03. The van der Waals surface area contributed by atoms with Crippen LogP contribution in [0.2, 0.25) is 0 Å². The number of ether oxygens (including phenoxy) is 2. The minimum absolute atomic E-state index is 0.153. The molecule has 1 unspecified atom stereocenters. The van der Waals surface area contributed by atoms with E-state index < -0.39 is 0 Å². The Hall–Kier alpha value is -0.420. The first-order valence-electron chi connectivity index (χ1n) is 4.52. The van der Waals surface area contributed by atoms with E-state index in [2.05, 4.69) is 12.0 Å². The lowest BCUT2D eigenvalue weighted by atomic mass is 10.1. The van der Waals surface area contributed by atoms with Gasteiger partial charge in [-0.05, 0) is 20.8 Å². The molecule has 0 amide bonds. The topological polar surface area (TPSA) is 56.5 Å². The van der Waals surface area contributed by atoms with E-state index in [1.807, 2.05) is 20.8 Å². The zero-order valence-electron chi connectivity index (χ0n) is 8.67. The number of hydrogen-bond donors (Lipinski definition) is 2. The van der Waals surface area contributed by atoms with Crippen LogP contribution in [0.25, 0.3) is 0 Å². The van der Waals surface area contributed by atoms with Crippen LogP contribution in [0.5, 0.6) is 0 Å². The molecule has 13 heavy (non-hydrogen) atoms. The first-order chi connectivity index (χ1) is 6.17. The van der Waals surface area contributed by atoms with Crippen molar-refractivity contribution in [2.45, 2.75) is 33.1 Å². The van der Waals surface area contributed by atoms with Gasteiger partial charge in [-0.15, -0.1) is 0 Å². The maximum Gasteiger partial charge on any atom is 0.177 e. The van der Waals surface area contributed by atoms with Crippen molar-refractivity contribution in [2.24, 2.45) is 5.84 Å². The Kier molecular flexibility index (Phi) is 6.80. The molecule has 0 fully saturated rings. The van der Waals surface area contributed by atoms with Gasteiger partial charge in [-0.25, -0.2) is 5.43 Å². The minimum atomic E-state index is -0.350. The second-order valence-corrected chi connectivity index (χ2v) is 2.77. The Morgan fingerprint density at radius 3 is 2.08 bits per heavy atom. The fourth-order valence-electron chi connectivity index (χ4n) is 1.02. The Morgan fingerprint density at radius 1 is 1.38 bits per heavy atom. The number of nitrogens with two attached hydrogens (primary N) is 1. The van der Waals surface area contributed by atoms with Crippen molar-refractivity contribution in [3.63, 3.8) is 0 Å². The monoisotopic (exact) mass is 188 g/mol. The van der Waals surface area contributed by atoms with Gasteiger partial charge in [0.2, 0.25) is 0 Å². The summed E-state index contributed by atoms with van der Waals surface area (Å²) >= 11 is 0. The van der Waals surface area contributed by atoms with Crippen LogP contribution in [0.1, 0.15) is 20.8 Å². The first-order valence-corrected chi connectivity index (χ1v) is 4.52. The molecule has 3 N–H and O–H groups in total. The summed E-state index contributed by atoms with van der Waals surface area (Å²) < 4.78 is 10.7. The minimum Gasteiger partial charge on any atom is -0.351 e. The van der Waals surface area contributed by atoms with Crippen molar-refractivity contribution in [3.05, 3.63) is 12.2 Å². The van der Waals surface area contributed by atoms with Crippen LogP contribution in [-0.2, 0) is 9.47 Å². The second-order valence-electron chi connectivity index (χ2n) is 2.77. The third-order valence-electron chi connectivity index (χ3n) is 1.64. The van der Waals surface area contributed by atoms with Crippen LogP contribution < -0.4 is 11.3 Å². The zero-order valence-corrected chi connectivity index (χ0v) is 8.67. The van der Waals surface area contributed by atoms with Crippen molar-refractivity contribution in [3.8, 4) is 0 Å². The molecule has 0 bridgehead atoms. The molecule has 0 saturated heterocycles. The molecule has 4 heteroatoms. The van der Waals surface area contributed by atoms with Crippen molar-refractivity contribution in [1.29, 1.82) is 0 Å². The van der Waals surface area contributed by atoms with E-state index in [-0.39, 0.29) is 12.3 Å². The molecule has 0 saturated carbocycles. The highest BCUT2D eigenvalue weighted by Crippen LogP contribution is 2.08. The molecule has 0 aliphatic rings. The lowest BCUT2D eigenvalue weighted by Gasteiger charge is -2.26. The predicted molar refractivity (Wildman–Crippen MR) is 53.0 cm³/mol. The quantitative estimate of drug-likeness (QED) is 0.268. The molecule has 0 aromatic heterocycles. The van der Waals surface area contributed by atoms with Crippen LogP contribution >= 0.6 is 0 Å². The van der Waals surface area contributed by atoms with E-state index in [1.54, 1.807) is 0 Å². The summed E-state index contributed by atoms with van der Waals surface area (Å²) in [7, 11) is 0. The van der Waals surface area contributed by atoms with Gasteiger partial charge in [-0.3, -0.25) is 5.84 Å². The molecule has 4 nitrogen and oxygen atoms in total. The summed E-state index contributed by atoms with van der Waals surface area (Å²) in [4.78, 5) is 0. The smallest absolute Gasteiger partial charge is 0.177 e. The Morgan fingerprint density at radius 2 is 1.85 bits per heavy atom. The average molecular weight is 188 g/mol. The van der Waals surface area contributed by atoms with Crippen LogP contribution in [0.15, 0.2) is 12.2 Å². The highest BCUT2D eigenvalue weighted by molar-refractivity contribution is 5.02. The van der Waals surface area contributed by atoms with Crippen molar-refractivity contribution < 1.29 is 9.47 Å². The Bertz CT molecular complexity index is 145. The van der Waals surface area contributed by atoms with Crippen molar-refractivity contribution >= 4 is 0 Å². The third kappa shape index (κ3) is 4.38. The standard InChI is InChI=1S/C9H20N2O2/c1-5-12-9(13-6-2)8(11-10)7(3)4/h8-9,11H,3,5-6,10H2,1-2,4H3. The normalized spacial score (nSPS) is 13.3. The van der Waals surface area contributed by atoms with Crippen molar-refractivity contribution in [2.75, 3.05) is 13.2 Å². The SMILES string of the molecule is C=C(C)C(NN)C(OCC)OCC. The predicted octanol–water partition coefficient (Wildman–Crippen LogP) is 0.793. The van der Waals surface area contributed by atoms with E-state index in [4.69, 9.17) is 15.3 Å². The third-order valence-corrected chi connectivity index (χ3v) is 1.64. The molecular weight excluding hydrogens is 168 g/mol. The number of nitrogens with one attached hydrogen (secondary N) is 1. The zero-order chi connectivity index (χ0) is 10.3. The molecule has 1 atom stereocenters. The molecule has 0 spiro atoms. The molecule has 0 aliphatic carbocycles. The highest BCUT2D eigenvalue weighted by atomic mass is 16.7. The highest BCUT2D eigenvalue weighted by Gasteiger charge is 2.21. The van der Waals surface area contributed by atoms with Gasteiger partial charge >= 0.3 is 0 Å². The van der Waals surface area contributed by atoms with E-state index in [1.165, 1.54) is 0 Å². The number of hydrazine groups is 1. The van der Waals surface area contributed by atoms with Crippen LogP contribution in [0, 0.1) is 0 Å². The van der Waals surface area contributed by atoms with Gasteiger partial charge in [0.15, 0.2) is 6.29 Å². The van der Waals surface area contributed by atoms with E-state index >= 15 is 0 Å². The molecule has 0 aliphatic heterocycles. The summed E-state index contributed by atoms with van der Waals surface area (Å²) in [5.74, 6) is 5.36. The molecular formula is C9H20N2O2. The lowest BCUT2D eigenvalue weighted by Crippen LogP contribution is -2.47. The summed E-state index contributed by atoms with van der Waals surface area (Å²) in [5.41, 5.74) is 3.52. The van der Waals surface area contributed by atoms with E-state index in [0.717, 1.165) is 5.57 Å². The summed E-state index contributed by atoms with van der Waals surface area (Å²) in [6.07, 6.45) is -0.350. The molecule has 0 rings (SSSR count). The van der Waals surface area contributed by atoms with Gasteiger partial charge < -0.3 is 9.47 Å². The molecule has 0 aromatic rings. The number of hydrogen-bond acceptors (Lipinski definition) is 4. The molecule has 78 valence electrons. The molecule has 0 aromatic carbocycles. The maximum atomic E-state index is 5.37. The summed E-state index contributed by atoms with van der Waals surface area (Å²) in [5, 5.41) is 0. The van der Waals surface area contributed by atoms with Gasteiger partial charge in [0.05, 0.1) is 6.04 Å². The van der Waals surface area contributed by atoms with Gasteiger partial charge in [-0.2, -0.15) is 0 Å². The first kappa shape index (κ1) is 12.6. The summed E-state index contributed by atoms with van der Waals surface area (Å²) in [6, 6.07) is -0.153. The Balaban J connectivity index is 4.20. The largest absolute Gasteiger partial charge is 0.351 e. The Labute approximate surface area is 80.1 Å². The van der Waals surface area contributed by atoms with E-state index in [9.17, 15) is 0 Å². The van der Waals surface area contributed by atoms with E-state index in [0.29, 0.717) is 13.2 Å². The van der Waals surface area contributed by atoms with Crippen LogP contribution in [0.3, 0.4) is 0 Å².